The van der Waals surface area contributed by atoms with Crippen molar-refractivity contribution in [2.24, 2.45) is 0 Å². The minimum atomic E-state index is -1.32. The zero-order valence-electron chi connectivity index (χ0n) is 18.3. The van der Waals surface area contributed by atoms with Crippen LogP contribution in [0.3, 0.4) is 0 Å². The Morgan fingerprint density at radius 1 is 1.21 bits per heavy atom. The molecule has 0 spiro atoms. The molecule has 6 nitrogen and oxygen atoms in total. The average molecular weight is 491 g/mol. The predicted molar refractivity (Wildman–Crippen MR) is 124 cm³/mol. The number of ether oxygens (including phenoxy) is 1. The van der Waals surface area contributed by atoms with Gasteiger partial charge in [0.25, 0.3) is 5.91 Å². The SMILES string of the molecule is CCCCOc1cccc(-c2csc(NC(=O)c3cc(F)c(C=C(C)C(=O)O)c(F)c3)n2)c1F. The number of aromatic nitrogens is 1. The molecule has 10 heteroatoms. The molecule has 0 aliphatic heterocycles. The van der Waals surface area contributed by atoms with Crippen LogP contribution in [0.15, 0.2) is 41.3 Å². The number of nitrogens with one attached hydrogen (secondary N) is 1. The largest absolute Gasteiger partial charge is 0.490 e. The molecule has 1 aromatic heterocycles. The summed E-state index contributed by atoms with van der Waals surface area (Å²) >= 11 is 1.01. The van der Waals surface area contributed by atoms with Gasteiger partial charge >= 0.3 is 5.97 Å². The molecule has 0 radical (unpaired) electrons. The van der Waals surface area contributed by atoms with E-state index in [2.05, 4.69) is 10.3 Å². The molecule has 0 aliphatic rings. The summed E-state index contributed by atoms with van der Waals surface area (Å²) < 4.78 is 48.9. The lowest BCUT2D eigenvalue weighted by atomic mass is 10.1. The maximum Gasteiger partial charge on any atom is 0.331 e. The predicted octanol–water partition coefficient (Wildman–Crippen LogP) is 6.15. The van der Waals surface area contributed by atoms with Crippen molar-refractivity contribution in [2.45, 2.75) is 26.7 Å². The van der Waals surface area contributed by atoms with Gasteiger partial charge in [-0.3, -0.25) is 10.1 Å². The first kappa shape index (κ1) is 25.0. The second-order valence-electron chi connectivity index (χ2n) is 7.30. The molecular weight excluding hydrogens is 469 g/mol. The number of aliphatic carboxylic acids is 1. The Balaban J connectivity index is 1.78. The van der Waals surface area contributed by atoms with Crippen LogP contribution in [0.4, 0.5) is 18.3 Å². The number of carbonyl (C=O) groups is 2. The third-order valence-electron chi connectivity index (χ3n) is 4.76. The van der Waals surface area contributed by atoms with Gasteiger partial charge in [-0.1, -0.05) is 19.4 Å². The van der Waals surface area contributed by atoms with Crippen molar-refractivity contribution in [1.29, 1.82) is 0 Å². The second kappa shape index (κ2) is 11.0. The number of anilines is 1. The summed E-state index contributed by atoms with van der Waals surface area (Å²) in [7, 11) is 0. The minimum Gasteiger partial charge on any atom is -0.490 e. The fourth-order valence-corrected chi connectivity index (χ4v) is 3.61. The van der Waals surface area contributed by atoms with E-state index in [1.807, 2.05) is 6.92 Å². The molecule has 2 aromatic carbocycles. The Labute approximate surface area is 197 Å². The van der Waals surface area contributed by atoms with E-state index in [0.717, 1.165) is 42.4 Å². The Kier molecular flexibility index (Phi) is 8.06. The van der Waals surface area contributed by atoms with E-state index in [0.29, 0.717) is 6.61 Å². The number of hydrogen-bond acceptors (Lipinski definition) is 5. The summed E-state index contributed by atoms with van der Waals surface area (Å²) in [6.07, 6.45) is 2.54. The van der Waals surface area contributed by atoms with Crippen LogP contribution in [0.5, 0.6) is 5.75 Å². The molecule has 0 atom stereocenters. The molecule has 0 unspecified atom stereocenters. The van der Waals surface area contributed by atoms with Crippen LogP contribution in [0.25, 0.3) is 17.3 Å². The first-order valence-corrected chi connectivity index (χ1v) is 11.2. The minimum absolute atomic E-state index is 0.0998. The third-order valence-corrected chi connectivity index (χ3v) is 5.52. The van der Waals surface area contributed by atoms with E-state index in [4.69, 9.17) is 9.84 Å². The molecule has 34 heavy (non-hydrogen) atoms. The molecule has 0 saturated carbocycles. The molecular formula is C24H21F3N2O4S. The third kappa shape index (κ3) is 5.82. The highest BCUT2D eigenvalue weighted by Gasteiger charge is 2.18. The molecule has 0 aliphatic carbocycles. The van der Waals surface area contributed by atoms with E-state index in [1.54, 1.807) is 6.07 Å². The zero-order valence-corrected chi connectivity index (χ0v) is 19.1. The first-order chi connectivity index (χ1) is 16.2. The average Bonchev–Trinajstić information content (AvgIpc) is 3.25. The number of halogens is 3. The van der Waals surface area contributed by atoms with E-state index >= 15 is 0 Å². The van der Waals surface area contributed by atoms with Gasteiger partial charge < -0.3 is 9.84 Å². The number of unbranched alkanes of at least 4 members (excludes halogenated alkanes) is 1. The van der Waals surface area contributed by atoms with E-state index in [-0.39, 0.29) is 33.3 Å². The van der Waals surface area contributed by atoms with Gasteiger partial charge in [0.2, 0.25) is 0 Å². The number of amides is 1. The van der Waals surface area contributed by atoms with Gasteiger partial charge in [0.1, 0.15) is 11.6 Å². The van der Waals surface area contributed by atoms with Gasteiger partial charge in [-0.25, -0.2) is 22.9 Å². The van der Waals surface area contributed by atoms with Gasteiger partial charge in [-0.15, -0.1) is 11.3 Å². The molecule has 2 N–H and O–H groups in total. The Hall–Kier alpha value is -3.66. The van der Waals surface area contributed by atoms with Gasteiger partial charge in [0.05, 0.1) is 12.3 Å². The van der Waals surface area contributed by atoms with Crippen LogP contribution in [0.2, 0.25) is 0 Å². The summed E-state index contributed by atoms with van der Waals surface area (Å²) in [4.78, 5) is 27.6. The Morgan fingerprint density at radius 3 is 2.56 bits per heavy atom. The van der Waals surface area contributed by atoms with Crippen molar-refractivity contribution < 1.29 is 32.6 Å². The highest BCUT2D eigenvalue weighted by Crippen LogP contribution is 2.31. The topological polar surface area (TPSA) is 88.5 Å². The first-order valence-electron chi connectivity index (χ1n) is 10.3. The van der Waals surface area contributed by atoms with Gasteiger partial charge in [-0.05, 0) is 43.7 Å². The van der Waals surface area contributed by atoms with Gasteiger partial charge in [-0.2, -0.15) is 0 Å². The van der Waals surface area contributed by atoms with Crippen LogP contribution in [-0.4, -0.2) is 28.6 Å². The fraction of sp³-hybridized carbons (Fsp3) is 0.208. The number of carboxylic acid groups (broad SMARTS) is 1. The van der Waals surface area contributed by atoms with Crippen LogP contribution in [-0.2, 0) is 4.79 Å². The lowest BCUT2D eigenvalue weighted by Gasteiger charge is -2.08. The molecule has 178 valence electrons. The second-order valence-corrected chi connectivity index (χ2v) is 8.16. The number of nitrogens with zero attached hydrogens (tertiary/aromatic N) is 1. The van der Waals surface area contributed by atoms with Crippen molar-refractivity contribution in [3.05, 3.63) is 69.9 Å². The summed E-state index contributed by atoms with van der Waals surface area (Å²) in [5.41, 5.74) is -0.704. The molecule has 1 heterocycles. The number of rotatable bonds is 9. The zero-order chi connectivity index (χ0) is 24.8. The van der Waals surface area contributed by atoms with Crippen LogP contribution in [0, 0.1) is 17.5 Å². The summed E-state index contributed by atoms with van der Waals surface area (Å²) in [5.74, 6) is -4.81. The summed E-state index contributed by atoms with van der Waals surface area (Å²) in [6.45, 7) is 3.57. The molecule has 1 amide bonds. The van der Waals surface area contributed by atoms with E-state index < -0.39 is 34.9 Å². The Bertz CT molecular complexity index is 1230. The highest BCUT2D eigenvalue weighted by atomic mass is 32.1. The standard InChI is InChI=1S/C24H21F3N2O4S/c1-3-4-8-33-20-7-5-6-15(21(20)27)19-12-34-24(28-19)29-22(30)14-10-17(25)16(18(26)11-14)9-13(2)23(31)32/h5-7,9-12H,3-4,8H2,1-2H3,(H,31,32)(H,28,29,30). The Morgan fingerprint density at radius 2 is 1.91 bits per heavy atom. The monoisotopic (exact) mass is 490 g/mol. The molecule has 3 rings (SSSR count). The van der Waals surface area contributed by atoms with E-state index in [9.17, 15) is 22.8 Å². The van der Waals surface area contributed by atoms with Crippen molar-refractivity contribution in [3.8, 4) is 17.0 Å². The van der Waals surface area contributed by atoms with E-state index in [1.165, 1.54) is 24.4 Å². The van der Waals surface area contributed by atoms with Crippen molar-refractivity contribution in [1.82, 2.24) is 4.98 Å². The highest BCUT2D eigenvalue weighted by molar-refractivity contribution is 7.14. The van der Waals surface area contributed by atoms with Crippen LogP contribution >= 0.6 is 11.3 Å². The van der Waals surface area contributed by atoms with Crippen molar-refractivity contribution >= 4 is 34.4 Å². The number of benzene rings is 2. The van der Waals surface area contributed by atoms with Crippen molar-refractivity contribution in [3.63, 3.8) is 0 Å². The lowest BCUT2D eigenvalue weighted by Crippen LogP contribution is -2.13. The van der Waals surface area contributed by atoms with Gasteiger partial charge in [0.15, 0.2) is 16.7 Å². The lowest BCUT2D eigenvalue weighted by molar-refractivity contribution is -0.132. The summed E-state index contributed by atoms with van der Waals surface area (Å²) in [5, 5.41) is 12.9. The fourth-order valence-electron chi connectivity index (χ4n) is 2.90. The number of hydrogen-bond donors (Lipinski definition) is 2. The van der Waals surface area contributed by atoms with Crippen molar-refractivity contribution in [2.75, 3.05) is 11.9 Å². The molecule has 3 aromatic rings. The maximum absolute atomic E-state index is 14.8. The number of thiazole rings is 1. The smallest absolute Gasteiger partial charge is 0.331 e. The quantitative estimate of drug-likeness (QED) is 0.278. The van der Waals surface area contributed by atoms with Crippen LogP contribution in [0.1, 0.15) is 42.6 Å². The number of carboxylic acids is 1. The van der Waals surface area contributed by atoms with Crippen LogP contribution < -0.4 is 10.1 Å². The molecule has 0 fully saturated rings. The summed E-state index contributed by atoms with van der Waals surface area (Å²) in [6, 6.07) is 6.27. The molecule has 0 saturated heterocycles. The molecule has 0 bridgehead atoms. The maximum atomic E-state index is 14.8. The normalized spacial score (nSPS) is 11.4. The van der Waals surface area contributed by atoms with Gasteiger partial charge in [0, 0.05) is 27.6 Å². The number of carbonyl (C=O) groups excluding carboxylic acids is 1.